The van der Waals surface area contributed by atoms with Crippen molar-refractivity contribution in [3.8, 4) is 0 Å². The Bertz CT molecular complexity index is 284. The molecule has 6 nitrogen and oxygen atoms in total. The van der Waals surface area contributed by atoms with Gasteiger partial charge in [-0.25, -0.2) is 0 Å². The highest BCUT2D eigenvalue weighted by molar-refractivity contribution is 5.90. The highest BCUT2D eigenvalue weighted by atomic mass is 16.5. The molecule has 0 aromatic carbocycles. The van der Waals surface area contributed by atoms with Gasteiger partial charge in [-0.2, -0.15) is 5.10 Å². The summed E-state index contributed by atoms with van der Waals surface area (Å²) in [6, 6.07) is 1.51. The first-order chi connectivity index (χ1) is 6.24. The van der Waals surface area contributed by atoms with Crippen LogP contribution in [0.2, 0.25) is 0 Å². The quantitative estimate of drug-likeness (QED) is 0.513. The maximum Gasteiger partial charge on any atom is 0.269 e. The third-order valence-electron chi connectivity index (χ3n) is 1.38. The predicted molar refractivity (Wildman–Crippen MR) is 43.8 cm³/mol. The van der Waals surface area contributed by atoms with E-state index in [4.69, 9.17) is 15.6 Å². The summed E-state index contributed by atoms with van der Waals surface area (Å²) in [4.78, 5) is 10.6. The Balaban J connectivity index is 2.44. The number of aromatic amines is 1. The number of nitrogens with zero attached hydrogens (tertiary/aromatic N) is 1. The average molecular weight is 185 g/mol. The van der Waals surface area contributed by atoms with E-state index in [-0.39, 0.29) is 25.5 Å². The zero-order valence-electron chi connectivity index (χ0n) is 6.99. The molecule has 1 amide bonds. The summed E-state index contributed by atoms with van der Waals surface area (Å²) in [7, 11) is 0. The van der Waals surface area contributed by atoms with Gasteiger partial charge in [0.05, 0.1) is 25.5 Å². The first-order valence-corrected chi connectivity index (χ1v) is 3.76. The van der Waals surface area contributed by atoms with Crippen LogP contribution >= 0.6 is 0 Å². The highest BCUT2D eigenvalue weighted by Crippen LogP contribution is 1.99. The highest BCUT2D eigenvalue weighted by Gasteiger charge is 2.05. The maximum absolute atomic E-state index is 10.6. The van der Waals surface area contributed by atoms with E-state index in [0.29, 0.717) is 5.69 Å². The van der Waals surface area contributed by atoms with Crippen molar-refractivity contribution in [3.05, 3.63) is 17.5 Å². The second kappa shape index (κ2) is 4.58. The molecule has 1 aromatic rings. The molecule has 0 fully saturated rings. The molecule has 1 heterocycles. The van der Waals surface area contributed by atoms with Gasteiger partial charge < -0.3 is 15.6 Å². The largest absolute Gasteiger partial charge is 0.394 e. The van der Waals surface area contributed by atoms with Gasteiger partial charge in [0.1, 0.15) is 5.69 Å². The van der Waals surface area contributed by atoms with Crippen molar-refractivity contribution < 1.29 is 14.6 Å². The molecule has 13 heavy (non-hydrogen) atoms. The number of ether oxygens (including phenoxy) is 1. The number of hydrogen-bond acceptors (Lipinski definition) is 4. The number of primary amides is 1. The fourth-order valence-electron chi connectivity index (χ4n) is 0.808. The van der Waals surface area contributed by atoms with Crippen LogP contribution in [0.5, 0.6) is 0 Å². The van der Waals surface area contributed by atoms with Gasteiger partial charge in [0.25, 0.3) is 5.91 Å². The molecule has 0 aliphatic rings. The second-order valence-electron chi connectivity index (χ2n) is 2.42. The second-order valence-corrected chi connectivity index (χ2v) is 2.42. The number of aliphatic hydroxyl groups excluding tert-OH is 1. The number of carbonyl (C=O) groups is 1. The summed E-state index contributed by atoms with van der Waals surface area (Å²) in [6.07, 6.45) is 0. The lowest BCUT2D eigenvalue weighted by atomic mass is 10.3. The predicted octanol–water partition coefficient (Wildman–Crippen LogP) is -0.983. The molecule has 0 bridgehead atoms. The summed E-state index contributed by atoms with van der Waals surface area (Å²) in [6.45, 7) is 0.503. The molecule has 1 rings (SSSR count). The first kappa shape index (κ1) is 9.69. The van der Waals surface area contributed by atoms with Crippen molar-refractivity contribution in [2.24, 2.45) is 5.73 Å². The molecule has 0 aliphatic heterocycles. The molecule has 6 heteroatoms. The van der Waals surface area contributed by atoms with Gasteiger partial charge in [-0.3, -0.25) is 9.89 Å². The summed E-state index contributed by atoms with van der Waals surface area (Å²) >= 11 is 0. The Morgan fingerprint density at radius 3 is 3.08 bits per heavy atom. The fraction of sp³-hybridized carbons (Fsp3) is 0.429. The molecular formula is C7H11N3O3. The molecule has 0 unspecified atom stereocenters. The van der Waals surface area contributed by atoms with Gasteiger partial charge in [0.2, 0.25) is 0 Å². The van der Waals surface area contributed by atoms with Crippen molar-refractivity contribution in [1.82, 2.24) is 10.2 Å². The van der Waals surface area contributed by atoms with E-state index < -0.39 is 5.91 Å². The van der Waals surface area contributed by atoms with E-state index in [1.165, 1.54) is 6.07 Å². The first-order valence-electron chi connectivity index (χ1n) is 3.76. The summed E-state index contributed by atoms with van der Waals surface area (Å²) < 4.78 is 4.99. The smallest absolute Gasteiger partial charge is 0.269 e. The minimum atomic E-state index is -0.579. The molecule has 4 N–H and O–H groups in total. The van der Waals surface area contributed by atoms with Crippen LogP contribution in [0, 0.1) is 0 Å². The lowest BCUT2D eigenvalue weighted by Gasteiger charge is -1.97. The number of amides is 1. The van der Waals surface area contributed by atoms with Crippen LogP contribution in [-0.4, -0.2) is 34.4 Å². The molecule has 0 saturated carbocycles. The number of carbonyl (C=O) groups excluding carboxylic acids is 1. The van der Waals surface area contributed by atoms with Gasteiger partial charge in [-0.05, 0) is 6.07 Å². The van der Waals surface area contributed by atoms with Crippen LogP contribution in [-0.2, 0) is 11.3 Å². The van der Waals surface area contributed by atoms with Crippen LogP contribution in [0.3, 0.4) is 0 Å². The van der Waals surface area contributed by atoms with E-state index >= 15 is 0 Å². The van der Waals surface area contributed by atoms with Gasteiger partial charge in [0.15, 0.2) is 0 Å². The lowest BCUT2D eigenvalue weighted by molar-refractivity contribution is 0.0797. The molecule has 72 valence electrons. The zero-order chi connectivity index (χ0) is 9.68. The number of nitrogens with two attached hydrogens (primary N) is 1. The molecular weight excluding hydrogens is 174 g/mol. The van der Waals surface area contributed by atoms with Crippen molar-refractivity contribution >= 4 is 5.91 Å². The number of aromatic nitrogens is 2. The number of rotatable bonds is 5. The molecule has 0 atom stereocenters. The van der Waals surface area contributed by atoms with Crippen LogP contribution in [0.1, 0.15) is 16.2 Å². The number of hydrogen-bond donors (Lipinski definition) is 3. The van der Waals surface area contributed by atoms with Crippen LogP contribution in [0.15, 0.2) is 6.07 Å². The van der Waals surface area contributed by atoms with Crippen LogP contribution < -0.4 is 5.73 Å². The normalized spacial score (nSPS) is 10.2. The van der Waals surface area contributed by atoms with E-state index in [1.54, 1.807) is 0 Å². The Morgan fingerprint density at radius 1 is 1.77 bits per heavy atom. The van der Waals surface area contributed by atoms with Gasteiger partial charge in [-0.1, -0.05) is 0 Å². The summed E-state index contributed by atoms with van der Waals surface area (Å²) in [5, 5.41) is 14.7. The van der Waals surface area contributed by atoms with Crippen molar-refractivity contribution in [2.75, 3.05) is 13.2 Å². The van der Waals surface area contributed by atoms with E-state index in [9.17, 15) is 4.79 Å². The SMILES string of the molecule is NC(=O)c1cc(COCCO)[nH]n1. The third-order valence-corrected chi connectivity index (χ3v) is 1.38. The minimum Gasteiger partial charge on any atom is -0.394 e. The van der Waals surface area contributed by atoms with E-state index in [2.05, 4.69) is 10.2 Å². The number of nitrogens with one attached hydrogen (secondary N) is 1. The number of aliphatic hydroxyl groups is 1. The molecule has 0 spiro atoms. The Hall–Kier alpha value is -1.40. The summed E-state index contributed by atoms with van der Waals surface area (Å²) in [5.41, 5.74) is 5.82. The maximum atomic E-state index is 10.6. The molecule has 0 aliphatic carbocycles. The minimum absolute atomic E-state index is 0.0309. The lowest BCUT2D eigenvalue weighted by Crippen LogP contribution is -2.11. The summed E-state index contributed by atoms with van der Waals surface area (Å²) in [5.74, 6) is -0.579. The molecule has 1 aromatic heterocycles. The third kappa shape index (κ3) is 2.85. The van der Waals surface area contributed by atoms with Crippen molar-refractivity contribution in [1.29, 1.82) is 0 Å². The monoisotopic (exact) mass is 185 g/mol. The van der Waals surface area contributed by atoms with Crippen LogP contribution in [0.4, 0.5) is 0 Å². The fourth-order valence-corrected chi connectivity index (χ4v) is 0.808. The molecule has 0 saturated heterocycles. The van der Waals surface area contributed by atoms with E-state index in [0.717, 1.165) is 0 Å². The Kier molecular flexibility index (Phi) is 3.41. The molecule has 0 radical (unpaired) electrons. The van der Waals surface area contributed by atoms with E-state index in [1.807, 2.05) is 0 Å². The Labute approximate surface area is 74.7 Å². The Morgan fingerprint density at radius 2 is 2.54 bits per heavy atom. The average Bonchev–Trinajstić information content (AvgIpc) is 2.53. The topological polar surface area (TPSA) is 101 Å². The van der Waals surface area contributed by atoms with Crippen molar-refractivity contribution in [2.45, 2.75) is 6.61 Å². The van der Waals surface area contributed by atoms with Gasteiger partial charge in [0, 0.05) is 0 Å². The van der Waals surface area contributed by atoms with Crippen molar-refractivity contribution in [3.63, 3.8) is 0 Å². The standard InChI is InChI=1S/C7H11N3O3/c8-7(12)6-3-5(9-10-6)4-13-2-1-11/h3,11H,1-2,4H2,(H2,8,12)(H,9,10). The number of H-pyrrole nitrogens is 1. The van der Waals surface area contributed by atoms with Gasteiger partial charge >= 0.3 is 0 Å². The van der Waals surface area contributed by atoms with Gasteiger partial charge in [-0.15, -0.1) is 0 Å². The zero-order valence-corrected chi connectivity index (χ0v) is 6.99. The van der Waals surface area contributed by atoms with Crippen LogP contribution in [0.25, 0.3) is 0 Å².